The van der Waals surface area contributed by atoms with E-state index in [1.807, 2.05) is 4.90 Å². The summed E-state index contributed by atoms with van der Waals surface area (Å²) in [6.45, 7) is 6.57. The Bertz CT molecular complexity index is 802. The van der Waals surface area contributed by atoms with E-state index in [0.717, 1.165) is 58.4 Å². The van der Waals surface area contributed by atoms with Crippen LogP contribution in [0.5, 0.6) is 0 Å². The van der Waals surface area contributed by atoms with Crippen LogP contribution in [0.3, 0.4) is 0 Å². The summed E-state index contributed by atoms with van der Waals surface area (Å²) in [6, 6.07) is 8.76. The van der Waals surface area contributed by atoms with Gasteiger partial charge in [-0.3, -0.25) is 9.59 Å². The van der Waals surface area contributed by atoms with Crippen LogP contribution in [0.15, 0.2) is 24.3 Å². The van der Waals surface area contributed by atoms with Gasteiger partial charge in [-0.25, -0.2) is 0 Å². The van der Waals surface area contributed by atoms with Crippen molar-refractivity contribution in [3.05, 3.63) is 35.4 Å². The number of piperidine rings is 1. The predicted molar refractivity (Wildman–Crippen MR) is 124 cm³/mol. The molecule has 3 heterocycles. The van der Waals surface area contributed by atoms with Crippen LogP contribution >= 0.6 is 12.4 Å². The van der Waals surface area contributed by atoms with E-state index in [4.69, 9.17) is 0 Å². The van der Waals surface area contributed by atoms with Crippen molar-refractivity contribution in [1.82, 2.24) is 15.1 Å². The van der Waals surface area contributed by atoms with E-state index in [1.165, 1.54) is 24.0 Å². The lowest BCUT2D eigenvalue weighted by molar-refractivity contribution is -0.143. The average Bonchev–Trinajstić information content (AvgIpc) is 3.51. The summed E-state index contributed by atoms with van der Waals surface area (Å²) in [5.74, 6) is 2.05. The number of halogens is 1. The van der Waals surface area contributed by atoms with Crippen molar-refractivity contribution in [2.45, 2.75) is 51.5 Å². The number of likely N-dealkylation sites (tertiary alicyclic amines) is 2. The Morgan fingerprint density at radius 1 is 0.935 bits per heavy atom. The van der Waals surface area contributed by atoms with E-state index in [9.17, 15) is 9.59 Å². The molecule has 2 amide bonds. The Labute approximate surface area is 192 Å². The van der Waals surface area contributed by atoms with Crippen molar-refractivity contribution < 1.29 is 9.59 Å². The topological polar surface area (TPSA) is 52.7 Å². The Kier molecular flexibility index (Phi) is 6.92. The lowest BCUT2D eigenvalue weighted by atomic mass is 9.87. The van der Waals surface area contributed by atoms with Gasteiger partial charge in [0.2, 0.25) is 11.8 Å². The van der Waals surface area contributed by atoms with E-state index in [2.05, 4.69) is 41.4 Å². The highest BCUT2D eigenvalue weighted by atomic mass is 35.5. The Balaban J connectivity index is 0.00000231. The maximum Gasteiger partial charge on any atom is 0.226 e. The van der Waals surface area contributed by atoms with Crippen molar-refractivity contribution in [2.24, 2.45) is 23.7 Å². The van der Waals surface area contributed by atoms with Gasteiger partial charge in [0.15, 0.2) is 0 Å². The van der Waals surface area contributed by atoms with Crippen LogP contribution < -0.4 is 5.32 Å². The molecule has 1 aliphatic carbocycles. The monoisotopic (exact) mass is 445 g/mol. The van der Waals surface area contributed by atoms with Gasteiger partial charge in [-0.05, 0) is 49.7 Å². The predicted octanol–water partition coefficient (Wildman–Crippen LogP) is 3.56. The lowest BCUT2D eigenvalue weighted by Crippen LogP contribution is -2.46. The van der Waals surface area contributed by atoms with Crippen LogP contribution in [0.4, 0.5) is 0 Å². The van der Waals surface area contributed by atoms with E-state index >= 15 is 0 Å². The first kappa shape index (κ1) is 22.6. The molecule has 4 fully saturated rings. The quantitative estimate of drug-likeness (QED) is 0.773. The number of benzene rings is 1. The fourth-order valence-corrected chi connectivity index (χ4v) is 6.48. The first-order chi connectivity index (χ1) is 14.6. The minimum atomic E-state index is 0. The van der Waals surface area contributed by atoms with Crippen molar-refractivity contribution in [1.29, 1.82) is 0 Å². The molecule has 5 rings (SSSR count). The standard InChI is InChI=1S/C25H35N3O2.ClH/c1-17-6-2-5-9-21(17)23-22-15-26-14-20(22)16-28(23)25(30)19-10-12-27(13-11-19)24(29)18-7-3-4-8-18;/h2,5-6,9,18-20,22-23,26H,3-4,7-8,10-16H2,1H3;1H/t20-,22-,23+;/m0./s1. The molecule has 1 aromatic carbocycles. The summed E-state index contributed by atoms with van der Waals surface area (Å²) in [5, 5.41) is 3.55. The molecule has 4 aliphatic rings. The van der Waals surface area contributed by atoms with Gasteiger partial charge in [0.05, 0.1) is 6.04 Å². The third-order valence-electron chi connectivity index (χ3n) is 8.22. The van der Waals surface area contributed by atoms with E-state index in [-0.39, 0.29) is 30.3 Å². The van der Waals surface area contributed by atoms with Gasteiger partial charge >= 0.3 is 0 Å². The zero-order valence-corrected chi connectivity index (χ0v) is 19.4. The smallest absolute Gasteiger partial charge is 0.226 e. The van der Waals surface area contributed by atoms with Crippen LogP contribution in [0, 0.1) is 30.6 Å². The zero-order chi connectivity index (χ0) is 20.7. The van der Waals surface area contributed by atoms with E-state index < -0.39 is 0 Å². The molecule has 3 saturated heterocycles. The Morgan fingerprint density at radius 3 is 2.32 bits per heavy atom. The SMILES string of the molecule is Cc1ccccc1[C@@H]1[C@H]2CNC[C@H]2CN1C(=O)C1CCN(C(=O)C2CCCC2)CC1.Cl. The molecular weight excluding hydrogens is 410 g/mol. The van der Waals surface area contributed by atoms with Crippen LogP contribution in [0.1, 0.15) is 55.7 Å². The fraction of sp³-hybridized carbons (Fsp3) is 0.680. The van der Waals surface area contributed by atoms with Crippen molar-refractivity contribution in [3.63, 3.8) is 0 Å². The number of hydrogen-bond acceptors (Lipinski definition) is 3. The Morgan fingerprint density at radius 2 is 1.61 bits per heavy atom. The maximum absolute atomic E-state index is 13.7. The lowest BCUT2D eigenvalue weighted by Gasteiger charge is -2.37. The number of nitrogens with zero attached hydrogens (tertiary/aromatic N) is 2. The third-order valence-corrected chi connectivity index (χ3v) is 8.22. The van der Waals surface area contributed by atoms with Crippen molar-refractivity contribution in [2.75, 3.05) is 32.7 Å². The number of amides is 2. The highest BCUT2D eigenvalue weighted by Crippen LogP contribution is 2.44. The molecule has 1 N–H and O–H groups in total. The molecule has 0 radical (unpaired) electrons. The van der Waals surface area contributed by atoms with Gasteiger partial charge < -0.3 is 15.1 Å². The van der Waals surface area contributed by atoms with Gasteiger partial charge in [0, 0.05) is 50.5 Å². The zero-order valence-electron chi connectivity index (χ0n) is 18.6. The molecule has 0 unspecified atom stereocenters. The number of fused-ring (bicyclic) bond motifs is 1. The van der Waals surface area contributed by atoms with Crippen LogP contribution in [-0.4, -0.2) is 54.3 Å². The van der Waals surface area contributed by atoms with Gasteiger partial charge in [-0.15, -0.1) is 12.4 Å². The van der Waals surface area contributed by atoms with E-state index in [0.29, 0.717) is 23.7 Å². The summed E-state index contributed by atoms with van der Waals surface area (Å²) in [4.78, 5) is 30.7. The molecule has 170 valence electrons. The second kappa shape index (κ2) is 9.50. The van der Waals surface area contributed by atoms with Crippen molar-refractivity contribution >= 4 is 24.2 Å². The van der Waals surface area contributed by atoms with Gasteiger partial charge in [-0.2, -0.15) is 0 Å². The number of rotatable bonds is 3. The molecule has 1 saturated carbocycles. The first-order valence-corrected chi connectivity index (χ1v) is 12.0. The van der Waals surface area contributed by atoms with Crippen LogP contribution in [-0.2, 0) is 9.59 Å². The third kappa shape index (κ3) is 4.23. The van der Waals surface area contributed by atoms with Gasteiger partial charge in [-0.1, -0.05) is 37.1 Å². The summed E-state index contributed by atoms with van der Waals surface area (Å²) in [5.41, 5.74) is 2.60. The fourth-order valence-electron chi connectivity index (χ4n) is 6.48. The van der Waals surface area contributed by atoms with E-state index in [1.54, 1.807) is 0 Å². The maximum atomic E-state index is 13.7. The second-order valence-corrected chi connectivity index (χ2v) is 9.96. The first-order valence-electron chi connectivity index (χ1n) is 12.0. The molecular formula is C25H36ClN3O2. The summed E-state index contributed by atoms with van der Waals surface area (Å²) >= 11 is 0. The number of hydrogen-bond donors (Lipinski definition) is 1. The minimum Gasteiger partial charge on any atom is -0.342 e. The largest absolute Gasteiger partial charge is 0.342 e. The summed E-state index contributed by atoms with van der Waals surface area (Å²) in [6.07, 6.45) is 6.14. The van der Waals surface area contributed by atoms with Crippen molar-refractivity contribution in [3.8, 4) is 0 Å². The molecule has 0 bridgehead atoms. The van der Waals surface area contributed by atoms with Crippen LogP contribution in [0.2, 0.25) is 0 Å². The molecule has 6 heteroatoms. The van der Waals surface area contributed by atoms with Crippen LogP contribution in [0.25, 0.3) is 0 Å². The number of aryl methyl sites for hydroxylation is 1. The molecule has 3 atom stereocenters. The highest BCUT2D eigenvalue weighted by molar-refractivity contribution is 5.85. The molecule has 1 aromatic rings. The second-order valence-electron chi connectivity index (χ2n) is 9.96. The summed E-state index contributed by atoms with van der Waals surface area (Å²) in [7, 11) is 0. The Hall–Kier alpha value is -1.59. The summed E-state index contributed by atoms with van der Waals surface area (Å²) < 4.78 is 0. The normalized spacial score (nSPS) is 29.1. The molecule has 0 aromatic heterocycles. The average molecular weight is 446 g/mol. The number of carbonyl (C=O) groups excluding carboxylic acids is 2. The molecule has 3 aliphatic heterocycles. The molecule has 5 nitrogen and oxygen atoms in total. The van der Waals surface area contributed by atoms with Gasteiger partial charge in [0.1, 0.15) is 0 Å². The minimum absolute atomic E-state index is 0. The number of nitrogens with one attached hydrogen (secondary N) is 1. The van der Waals surface area contributed by atoms with Gasteiger partial charge in [0.25, 0.3) is 0 Å². The molecule has 0 spiro atoms. The number of carbonyl (C=O) groups is 2. The highest BCUT2D eigenvalue weighted by Gasteiger charge is 2.48. The molecule has 31 heavy (non-hydrogen) atoms.